The Morgan fingerprint density at radius 3 is 2.44 bits per heavy atom. The van der Waals surface area contributed by atoms with Gasteiger partial charge in [-0.3, -0.25) is 9.59 Å². The third-order valence-electron chi connectivity index (χ3n) is 3.64. The Labute approximate surface area is 160 Å². The molecule has 0 saturated carbocycles. The molecule has 0 fully saturated rings. The third kappa shape index (κ3) is 6.21. The summed E-state index contributed by atoms with van der Waals surface area (Å²) in [6.45, 7) is 5.61. The topological polar surface area (TPSA) is 58.2 Å². The first-order chi connectivity index (χ1) is 11.8. The fraction of sp³-hybridized carbons (Fsp3) is 0.263. The van der Waals surface area contributed by atoms with Gasteiger partial charge in [0.05, 0.1) is 11.4 Å². The molecule has 0 radical (unpaired) electrons. The molecule has 0 atom stereocenters. The highest BCUT2D eigenvalue weighted by Gasteiger charge is 2.09. The van der Waals surface area contributed by atoms with Crippen LogP contribution in [0.4, 0.5) is 11.4 Å². The molecular formula is C19H21BrN2O2S. The molecule has 0 spiro atoms. The molecule has 0 heterocycles. The first-order valence-electron chi connectivity index (χ1n) is 7.92. The summed E-state index contributed by atoms with van der Waals surface area (Å²) in [6.07, 6.45) is 0.392. The molecule has 0 aliphatic rings. The van der Waals surface area contributed by atoms with Crippen molar-refractivity contribution in [3.63, 3.8) is 0 Å². The lowest BCUT2D eigenvalue weighted by Gasteiger charge is -2.12. The van der Waals surface area contributed by atoms with Crippen LogP contribution in [0.15, 0.2) is 45.8 Å². The monoisotopic (exact) mass is 420 g/mol. The van der Waals surface area contributed by atoms with E-state index in [9.17, 15) is 9.59 Å². The number of hydrogen-bond acceptors (Lipinski definition) is 3. The lowest BCUT2D eigenvalue weighted by molar-refractivity contribution is -0.116. The fourth-order valence-electron chi connectivity index (χ4n) is 2.20. The lowest BCUT2D eigenvalue weighted by Crippen LogP contribution is -2.15. The van der Waals surface area contributed by atoms with Gasteiger partial charge in [0.15, 0.2) is 0 Å². The predicted molar refractivity (Wildman–Crippen MR) is 108 cm³/mol. The first kappa shape index (κ1) is 19.5. The molecule has 0 saturated heterocycles. The molecule has 132 valence electrons. The van der Waals surface area contributed by atoms with Gasteiger partial charge in [0.25, 0.3) is 0 Å². The van der Waals surface area contributed by atoms with Crippen LogP contribution in [0.2, 0.25) is 0 Å². The number of hydrogen-bond donors (Lipinski definition) is 2. The van der Waals surface area contributed by atoms with E-state index in [1.54, 1.807) is 23.9 Å². The Morgan fingerprint density at radius 2 is 1.76 bits per heavy atom. The van der Waals surface area contributed by atoms with Crippen LogP contribution in [0.1, 0.15) is 24.5 Å². The molecule has 2 N–H and O–H groups in total. The second-order valence-corrected chi connectivity index (χ2v) is 7.85. The maximum Gasteiger partial charge on any atom is 0.225 e. The number of anilines is 2. The molecule has 2 amide bonds. The number of amides is 2. The van der Waals surface area contributed by atoms with Crippen molar-refractivity contribution in [2.45, 2.75) is 32.1 Å². The molecule has 6 heteroatoms. The van der Waals surface area contributed by atoms with Crippen LogP contribution in [0.5, 0.6) is 0 Å². The van der Waals surface area contributed by atoms with E-state index in [0.29, 0.717) is 23.5 Å². The first-order valence-corrected chi connectivity index (χ1v) is 9.70. The number of carbonyl (C=O) groups is 2. The molecule has 2 rings (SSSR count). The van der Waals surface area contributed by atoms with E-state index < -0.39 is 0 Å². The van der Waals surface area contributed by atoms with Crippen LogP contribution >= 0.6 is 27.7 Å². The molecule has 25 heavy (non-hydrogen) atoms. The SMILES string of the molecule is CC(=O)Nc1ccc(Br)cc1NC(=O)CCSc1ccc(C)c(C)c1. The Balaban J connectivity index is 1.92. The minimum Gasteiger partial charge on any atom is -0.325 e. The average molecular weight is 421 g/mol. The summed E-state index contributed by atoms with van der Waals surface area (Å²) in [7, 11) is 0. The summed E-state index contributed by atoms with van der Waals surface area (Å²) in [5, 5.41) is 5.59. The number of rotatable bonds is 6. The van der Waals surface area contributed by atoms with E-state index in [1.165, 1.54) is 18.1 Å². The van der Waals surface area contributed by atoms with Crippen molar-refractivity contribution in [3.8, 4) is 0 Å². The van der Waals surface area contributed by atoms with Gasteiger partial charge in [-0.2, -0.15) is 0 Å². The predicted octanol–water partition coefficient (Wildman–Crippen LogP) is 5.15. The summed E-state index contributed by atoms with van der Waals surface area (Å²) in [5.41, 5.74) is 3.70. The van der Waals surface area contributed by atoms with Gasteiger partial charge in [-0.1, -0.05) is 22.0 Å². The summed E-state index contributed by atoms with van der Waals surface area (Å²) in [5.74, 6) is 0.432. The van der Waals surface area contributed by atoms with Crippen molar-refractivity contribution >= 4 is 50.9 Å². The number of benzene rings is 2. The quantitative estimate of drug-likeness (QED) is 0.635. The van der Waals surface area contributed by atoms with Crippen LogP contribution in [0.25, 0.3) is 0 Å². The van der Waals surface area contributed by atoms with E-state index in [-0.39, 0.29) is 11.8 Å². The molecule has 2 aromatic carbocycles. The zero-order chi connectivity index (χ0) is 18.4. The largest absolute Gasteiger partial charge is 0.325 e. The van der Waals surface area contributed by atoms with Crippen molar-refractivity contribution in [3.05, 3.63) is 52.0 Å². The van der Waals surface area contributed by atoms with Gasteiger partial charge >= 0.3 is 0 Å². The van der Waals surface area contributed by atoms with Crippen LogP contribution < -0.4 is 10.6 Å². The smallest absolute Gasteiger partial charge is 0.225 e. The molecule has 0 unspecified atom stereocenters. The Kier molecular flexibility index (Phi) is 7.08. The van der Waals surface area contributed by atoms with Gasteiger partial charge < -0.3 is 10.6 Å². The van der Waals surface area contributed by atoms with E-state index in [1.807, 2.05) is 6.07 Å². The van der Waals surface area contributed by atoms with E-state index >= 15 is 0 Å². The number of halogens is 1. The maximum atomic E-state index is 12.2. The van der Waals surface area contributed by atoms with Crippen molar-refractivity contribution in [2.24, 2.45) is 0 Å². The van der Waals surface area contributed by atoms with Crippen LogP contribution in [0, 0.1) is 13.8 Å². The van der Waals surface area contributed by atoms with Gasteiger partial charge in [0.1, 0.15) is 0 Å². The summed E-state index contributed by atoms with van der Waals surface area (Å²) < 4.78 is 0.835. The second-order valence-electron chi connectivity index (χ2n) is 5.76. The van der Waals surface area contributed by atoms with E-state index in [2.05, 4.69) is 58.6 Å². The van der Waals surface area contributed by atoms with Gasteiger partial charge in [-0.15, -0.1) is 11.8 Å². The molecular weight excluding hydrogens is 400 g/mol. The molecule has 0 bridgehead atoms. The van der Waals surface area contributed by atoms with Gasteiger partial charge in [-0.25, -0.2) is 0 Å². The zero-order valence-corrected chi connectivity index (χ0v) is 16.9. The molecule has 2 aromatic rings. The number of thioether (sulfide) groups is 1. The Bertz CT molecular complexity index is 793. The van der Waals surface area contributed by atoms with Crippen molar-refractivity contribution in [1.82, 2.24) is 0 Å². The second kappa shape index (κ2) is 9.06. The van der Waals surface area contributed by atoms with Gasteiger partial charge in [0.2, 0.25) is 11.8 Å². The van der Waals surface area contributed by atoms with E-state index in [4.69, 9.17) is 0 Å². The standard InChI is InChI=1S/C19H21BrN2O2S/c1-12-4-6-16(10-13(12)2)25-9-8-19(24)22-18-11-15(20)5-7-17(18)21-14(3)23/h4-7,10-11H,8-9H2,1-3H3,(H,21,23)(H,22,24). The Morgan fingerprint density at radius 1 is 1.00 bits per heavy atom. The molecule has 0 aromatic heterocycles. The average Bonchev–Trinajstić information content (AvgIpc) is 2.53. The summed E-state index contributed by atoms with van der Waals surface area (Å²) >= 11 is 5.04. The number of nitrogens with one attached hydrogen (secondary N) is 2. The van der Waals surface area contributed by atoms with Crippen LogP contribution in [0.3, 0.4) is 0 Å². The highest BCUT2D eigenvalue weighted by Crippen LogP contribution is 2.27. The maximum absolute atomic E-state index is 12.2. The lowest BCUT2D eigenvalue weighted by atomic mass is 10.1. The minimum absolute atomic E-state index is 0.0824. The normalized spacial score (nSPS) is 10.4. The highest BCUT2D eigenvalue weighted by molar-refractivity contribution is 9.10. The van der Waals surface area contributed by atoms with Crippen LogP contribution in [-0.2, 0) is 9.59 Å². The zero-order valence-electron chi connectivity index (χ0n) is 14.5. The molecule has 4 nitrogen and oxygen atoms in total. The summed E-state index contributed by atoms with van der Waals surface area (Å²) in [6, 6.07) is 11.7. The van der Waals surface area contributed by atoms with Gasteiger partial charge in [0, 0.05) is 28.5 Å². The van der Waals surface area contributed by atoms with Crippen LogP contribution in [-0.4, -0.2) is 17.6 Å². The summed E-state index contributed by atoms with van der Waals surface area (Å²) in [4.78, 5) is 24.7. The minimum atomic E-state index is -0.178. The third-order valence-corrected chi connectivity index (χ3v) is 5.13. The highest BCUT2D eigenvalue weighted by atomic mass is 79.9. The van der Waals surface area contributed by atoms with Crippen molar-refractivity contribution < 1.29 is 9.59 Å². The number of carbonyl (C=O) groups excluding carboxylic acids is 2. The Hall–Kier alpha value is -1.79. The van der Waals surface area contributed by atoms with E-state index in [0.717, 1.165) is 9.37 Å². The molecule has 0 aliphatic heterocycles. The fourth-order valence-corrected chi connectivity index (χ4v) is 3.51. The number of aryl methyl sites for hydroxylation is 2. The van der Waals surface area contributed by atoms with Gasteiger partial charge in [-0.05, 0) is 55.3 Å². The molecule has 0 aliphatic carbocycles. The van der Waals surface area contributed by atoms with Crippen molar-refractivity contribution in [1.29, 1.82) is 0 Å². The van der Waals surface area contributed by atoms with Crippen molar-refractivity contribution in [2.75, 3.05) is 16.4 Å².